The first-order chi connectivity index (χ1) is 8.99. The van der Waals surface area contributed by atoms with E-state index in [0.29, 0.717) is 10.8 Å². The molecule has 2 N–H and O–H groups in total. The van der Waals surface area contributed by atoms with Crippen molar-refractivity contribution in [1.82, 2.24) is 5.32 Å². The van der Waals surface area contributed by atoms with E-state index in [-0.39, 0.29) is 12.0 Å². The molecule has 0 aliphatic heterocycles. The van der Waals surface area contributed by atoms with Gasteiger partial charge in [0.05, 0.1) is 12.7 Å². The van der Waals surface area contributed by atoms with E-state index in [1.54, 1.807) is 12.1 Å². The molecule has 1 rings (SSSR count). The van der Waals surface area contributed by atoms with Crippen LogP contribution in [0.25, 0.3) is 0 Å². The van der Waals surface area contributed by atoms with Crippen molar-refractivity contribution >= 4 is 23.5 Å². The van der Waals surface area contributed by atoms with Crippen LogP contribution in [0.3, 0.4) is 0 Å². The van der Waals surface area contributed by atoms with Crippen molar-refractivity contribution in [3.63, 3.8) is 0 Å². The molecule has 0 spiro atoms. The maximum atomic E-state index is 12.0. The minimum absolute atomic E-state index is 0.129. The highest BCUT2D eigenvalue weighted by Gasteiger charge is 2.21. The van der Waals surface area contributed by atoms with Crippen LogP contribution in [0.2, 0.25) is 5.02 Å². The molecular weight excluding hydrogens is 270 g/mol. The summed E-state index contributed by atoms with van der Waals surface area (Å²) in [6, 6.07) is 3.51. The molecule has 0 aromatic heterocycles. The van der Waals surface area contributed by atoms with Crippen LogP contribution in [0.5, 0.6) is 5.75 Å². The monoisotopic (exact) mass is 283 g/mol. The first-order valence-electron chi connectivity index (χ1n) is 5.47. The summed E-state index contributed by atoms with van der Waals surface area (Å²) in [4.78, 5) is 23.0. The highest BCUT2D eigenvalue weighted by Crippen LogP contribution is 2.22. The van der Waals surface area contributed by atoms with E-state index in [1.165, 1.54) is 19.3 Å². The molecule has 102 valence electrons. The molecule has 0 bridgehead atoms. The first kappa shape index (κ1) is 15.0. The highest BCUT2D eigenvalue weighted by molar-refractivity contribution is 6.31. The number of hydrogen-bond donors (Lipinski definition) is 2. The van der Waals surface area contributed by atoms with Crippen LogP contribution in [0.1, 0.15) is 16.8 Å². The van der Waals surface area contributed by atoms with Crippen LogP contribution in [0, 0.1) is 0 Å². The van der Waals surface area contributed by atoms with E-state index in [1.807, 2.05) is 0 Å². The van der Waals surface area contributed by atoms with Gasteiger partial charge in [0.25, 0.3) is 5.91 Å². The minimum atomic E-state index is -1.13. The molecule has 1 atom stereocenters. The Hall–Kier alpha value is -2.01. The van der Waals surface area contributed by atoms with E-state index in [9.17, 15) is 9.59 Å². The zero-order valence-electron chi connectivity index (χ0n) is 10.4. The van der Waals surface area contributed by atoms with Gasteiger partial charge in [-0.2, -0.15) is 0 Å². The average molecular weight is 284 g/mol. The van der Waals surface area contributed by atoms with Gasteiger partial charge in [0.15, 0.2) is 0 Å². The Kier molecular flexibility index (Phi) is 5.38. The lowest BCUT2D eigenvalue weighted by atomic mass is 10.1. The summed E-state index contributed by atoms with van der Waals surface area (Å²) < 4.78 is 5.04. The van der Waals surface area contributed by atoms with Crippen LogP contribution in [-0.4, -0.2) is 30.1 Å². The number of carboxylic acids is 1. The standard InChI is InChI=1S/C13H14ClNO4/c1-3-4-10(13(17)18)15-12(16)9-7-8(14)5-6-11(9)19-2/h3,5-7,10H,1,4H2,2H3,(H,15,16)(H,17,18). The molecule has 0 aliphatic carbocycles. The molecule has 0 saturated carbocycles. The van der Waals surface area contributed by atoms with E-state index >= 15 is 0 Å². The van der Waals surface area contributed by atoms with Gasteiger partial charge in [0, 0.05) is 5.02 Å². The van der Waals surface area contributed by atoms with Crippen molar-refractivity contribution in [2.75, 3.05) is 7.11 Å². The highest BCUT2D eigenvalue weighted by atomic mass is 35.5. The second kappa shape index (κ2) is 6.80. The normalized spacial score (nSPS) is 11.5. The minimum Gasteiger partial charge on any atom is -0.496 e. The molecular formula is C13H14ClNO4. The Morgan fingerprint density at radius 1 is 1.58 bits per heavy atom. The van der Waals surface area contributed by atoms with E-state index in [4.69, 9.17) is 21.4 Å². The zero-order valence-corrected chi connectivity index (χ0v) is 11.1. The van der Waals surface area contributed by atoms with Crippen LogP contribution >= 0.6 is 11.6 Å². The summed E-state index contributed by atoms with van der Waals surface area (Å²) in [7, 11) is 1.42. The Morgan fingerprint density at radius 2 is 2.26 bits per heavy atom. The van der Waals surface area contributed by atoms with Gasteiger partial charge in [-0.15, -0.1) is 6.58 Å². The van der Waals surface area contributed by atoms with Crippen LogP contribution in [0.4, 0.5) is 0 Å². The molecule has 1 amide bonds. The summed E-state index contributed by atoms with van der Waals surface area (Å²) in [6.45, 7) is 3.45. The molecule has 6 heteroatoms. The number of ether oxygens (including phenoxy) is 1. The van der Waals surface area contributed by atoms with Crippen molar-refractivity contribution < 1.29 is 19.4 Å². The molecule has 1 aromatic rings. The number of benzene rings is 1. The van der Waals surface area contributed by atoms with Crippen LogP contribution in [0.15, 0.2) is 30.9 Å². The largest absolute Gasteiger partial charge is 0.496 e. The lowest BCUT2D eigenvalue weighted by Gasteiger charge is -2.14. The third-order valence-electron chi connectivity index (χ3n) is 2.41. The number of carboxylic acid groups (broad SMARTS) is 1. The maximum absolute atomic E-state index is 12.0. The van der Waals surface area contributed by atoms with Crippen molar-refractivity contribution in [2.24, 2.45) is 0 Å². The number of halogens is 1. The lowest BCUT2D eigenvalue weighted by Crippen LogP contribution is -2.40. The molecule has 1 unspecified atom stereocenters. The van der Waals surface area contributed by atoms with Gasteiger partial charge in [-0.1, -0.05) is 17.7 Å². The number of hydrogen-bond acceptors (Lipinski definition) is 3. The smallest absolute Gasteiger partial charge is 0.326 e. The summed E-state index contributed by atoms with van der Waals surface area (Å²) >= 11 is 5.81. The van der Waals surface area contributed by atoms with Crippen molar-refractivity contribution in [3.05, 3.63) is 41.4 Å². The Morgan fingerprint density at radius 3 is 2.79 bits per heavy atom. The van der Waals surface area contributed by atoms with Crippen LogP contribution in [-0.2, 0) is 4.79 Å². The molecule has 0 radical (unpaired) electrons. The quantitative estimate of drug-likeness (QED) is 0.784. The summed E-state index contributed by atoms with van der Waals surface area (Å²) in [6.07, 6.45) is 1.55. The van der Waals surface area contributed by atoms with Crippen LogP contribution < -0.4 is 10.1 Å². The fourth-order valence-corrected chi connectivity index (χ4v) is 1.65. The molecule has 19 heavy (non-hydrogen) atoms. The molecule has 0 heterocycles. The van der Waals surface area contributed by atoms with Crippen molar-refractivity contribution in [2.45, 2.75) is 12.5 Å². The summed E-state index contributed by atoms with van der Waals surface area (Å²) in [5.74, 6) is -1.37. The van der Waals surface area contributed by atoms with Gasteiger partial charge in [0.1, 0.15) is 11.8 Å². The lowest BCUT2D eigenvalue weighted by molar-refractivity contribution is -0.139. The third-order valence-corrected chi connectivity index (χ3v) is 2.65. The molecule has 0 fully saturated rings. The predicted molar refractivity (Wildman–Crippen MR) is 71.7 cm³/mol. The summed E-state index contributed by atoms with van der Waals surface area (Å²) in [5.41, 5.74) is 0.185. The van der Waals surface area contributed by atoms with Gasteiger partial charge < -0.3 is 15.2 Å². The van der Waals surface area contributed by atoms with Gasteiger partial charge in [-0.25, -0.2) is 4.79 Å². The molecule has 5 nitrogen and oxygen atoms in total. The van der Waals surface area contributed by atoms with Gasteiger partial charge in [-0.05, 0) is 24.6 Å². The fraction of sp³-hybridized carbons (Fsp3) is 0.231. The second-order valence-electron chi connectivity index (χ2n) is 3.73. The average Bonchev–Trinajstić information content (AvgIpc) is 2.37. The number of aliphatic carboxylic acids is 1. The molecule has 0 saturated heterocycles. The Balaban J connectivity index is 2.96. The molecule has 0 aliphatic rings. The Bertz CT molecular complexity index is 501. The number of amides is 1. The predicted octanol–water partition coefficient (Wildman–Crippen LogP) is 2.11. The fourth-order valence-electron chi connectivity index (χ4n) is 1.48. The van der Waals surface area contributed by atoms with Gasteiger partial charge in [0.2, 0.25) is 0 Å². The van der Waals surface area contributed by atoms with E-state index in [2.05, 4.69) is 11.9 Å². The Labute approximate surface area is 115 Å². The number of methoxy groups -OCH3 is 1. The number of carbonyl (C=O) groups is 2. The SMILES string of the molecule is C=CCC(NC(=O)c1cc(Cl)ccc1OC)C(=O)O. The van der Waals surface area contributed by atoms with Crippen molar-refractivity contribution in [3.8, 4) is 5.75 Å². The summed E-state index contributed by atoms with van der Waals surface area (Å²) in [5, 5.41) is 11.7. The first-order valence-corrected chi connectivity index (χ1v) is 5.85. The topological polar surface area (TPSA) is 75.6 Å². The number of rotatable bonds is 6. The van der Waals surface area contributed by atoms with E-state index < -0.39 is 17.9 Å². The maximum Gasteiger partial charge on any atom is 0.326 e. The van der Waals surface area contributed by atoms with Gasteiger partial charge in [-0.3, -0.25) is 4.79 Å². The van der Waals surface area contributed by atoms with Crippen molar-refractivity contribution in [1.29, 1.82) is 0 Å². The number of nitrogens with one attached hydrogen (secondary N) is 1. The zero-order chi connectivity index (χ0) is 14.4. The number of carbonyl (C=O) groups excluding carboxylic acids is 1. The van der Waals surface area contributed by atoms with E-state index in [0.717, 1.165) is 0 Å². The van der Waals surface area contributed by atoms with Gasteiger partial charge >= 0.3 is 5.97 Å². The second-order valence-corrected chi connectivity index (χ2v) is 4.17. The molecule has 1 aromatic carbocycles. The third kappa shape index (κ3) is 3.99.